The zero-order valence-electron chi connectivity index (χ0n) is 31.9. The zero-order chi connectivity index (χ0) is 36.4. The minimum Gasteiger partial charge on any atom is -0.497 e. The smallest absolute Gasteiger partial charge is 0.192 e. The van der Waals surface area contributed by atoms with Crippen LogP contribution in [0.15, 0.2) is 24.3 Å². The van der Waals surface area contributed by atoms with E-state index in [-0.39, 0.29) is 49.6 Å². The third kappa shape index (κ3) is 6.48. The first-order valence-corrected chi connectivity index (χ1v) is 20.8. The number of carbonyl (C=O) groups is 1. The van der Waals surface area contributed by atoms with Crippen LogP contribution in [0.1, 0.15) is 86.6 Å². The second-order valence-electron chi connectivity index (χ2n) is 17.7. The van der Waals surface area contributed by atoms with Gasteiger partial charge in [0.2, 0.25) is 0 Å². The molecule has 5 rings (SSSR count). The van der Waals surface area contributed by atoms with Gasteiger partial charge in [0.1, 0.15) is 24.2 Å². The highest BCUT2D eigenvalue weighted by Crippen LogP contribution is 2.63. The first-order valence-electron chi connectivity index (χ1n) is 17.9. The first-order chi connectivity index (χ1) is 22.6. The van der Waals surface area contributed by atoms with Gasteiger partial charge in [0.15, 0.2) is 19.9 Å². The summed E-state index contributed by atoms with van der Waals surface area (Å²) in [6, 6.07) is 7.67. The summed E-state index contributed by atoms with van der Waals surface area (Å²) >= 11 is 0. The molecule has 0 radical (unpaired) electrons. The molecule has 4 aliphatic rings. The quantitative estimate of drug-likeness (QED) is 0.233. The molecule has 1 aromatic rings. The van der Waals surface area contributed by atoms with E-state index in [0.29, 0.717) is 12.8 Å². The molecule has 4 fully saturated rings. The molecule has 10 nitrogen and oxygen atoms in total. The highest BCUT2D eigenvalue weighted by atomic mass is 28.4. The summed E-state index contributed by atoms with van der Waals surface area (Å²) in [6.45, 7) is 20.9. The number of hydrogen-bond acceptors (Lipinski definition) is 10. The van der Waals surface area contributed by atoms with E-state index in [1.165, 1.54) is 7.11 Å². The molecule has 3 saturated carbocycles. The first kappa shape index (κ1) is 38.8. The third-order valence-electron chi connectivity index (χ3n) is 13.3. The summed E-state index contributed by atoms with van der Waals surface area (Å²) in [5.74, 6) is -1.45. The SMILES string of the molecule is COCO[C@H]1C(=O)[C@@]2(C)[C@H](C[C@H](O[Si](C)(C)C(C)(C)C)[C@]3(O)CCC1C3(C)C)[C@]1(COC(C)(C)O1)[C@H](OCc1ccc(OC)cc1)C[C@@H]2O. The second-order valence-corrected chi connectivity index (χ2v) is 22.5. The number of rotatable bonds is 9. The molecule has 3 aliphatic carbocycles. The molecular weight excluding hydrogens is 644 g/mol. The van der Waals surface area contributed by atoms with E-state index in [9.17, 15) is 10.2 Å². The lowest BCUT2D eigenvalue weighted by Gasteiger charge is -2.57. The van der Waals surface area contributed by atoms with E-state index < -0.39 is 66.5 Å². The number of carbonyl (C=O) groups excluding carboxylic acids is 1. The lowest BCUT2D eigenvalue weighted by molar-refractivity contribution is -0.265. The lowest BCUT2D eigenvalue weighted by atomic mass is 9.53. The average Bonchev–Trinajstić information content (AvgIpc) is 3.47. The molecule has 2 N–H and O–H groups in total. The number of aliphatic hydroxyl groups is 2. The number of benzene rings is 1. The van der Waals surface area contributed by atoms with Crippen LogP contribution in [-0.4, -0.2) is 93.3 Å². The van der Waals surface area contributed by atoms with Crippen molar-refractivity contribution in [3.8, 4) is 5.75 Å². The predicted molar refractivity (Wildman–Crippen MR) is 188 cm³/mol. The molecule has 1 aliphatic heterocycles. The van der Waals surface area contributed by atoms with E-state index in [0.717, 1.165) is 11.3 Å². The average molecular weight is 707 g/mol. The molecule has 2 bridgehead atoms. The van der Waals surface area contributed by atoms with Gasteiger partial charge in [-0.15, -0.1) is 0 Å². The Balaban J connectivity index is 1.68. The summed E-state index contributed by atoms with van der Waals surface area (Å²) in [5, 5.41) is 25.2. The molecule has 1 spiro atoms. The van der Waals surface area contributed by atoms with Crippen molar-refractivity contribution in [3.63, 3.8) is 0 Å². The molecule has 1 heterocycles. The summed E-state index contributed by atoms with van der Waals surface area (Å²) < 4.78 is 44.4. The van der Waals surface area contributed by atoms with Crippen LogP contribution < -0.4 is 4.74 Å². The van der Waals surface area contributed by atoms with Crippen molar-refractivity contribution >= 4 is 14.1 Å². The molecule has 1 saturated heterocycles. The van der Waals surface area contributed by atoms with Crippen molar-refractivity contribution in [3.05, 3.63) is 29.8 Å². The minimum atomic E-state index is -2.49. The molecular formula is C38H62O10Si. The lowest BCUT2D eigenvalue weighted by Crippen LogP contribution is -2.69. The van der Waals surface area contributed by atoms with Crippen LogP contribution in [0.2, 0.25) is 18.1 Å². The fourth-order valence-electron chi connectivity index (χ4n) is 9.05. The number of ketones is 1. The van der Waals surface area contributed by atoms with Crippen LogP contribution in [0.25, 0.3) is 0 Å². The summed E-state index contributed by atoms with van der Waals surface area (Å²) in [5.41, 5.74) is -3.64. The maximum absolute atomic E-state index is 15.3. The number of hydrogen-bond donors (Lipinski definition) is 2. The standard InChI is InChI=1S/C38H62O10Si/c1-33(2,3)49(11,12)47-30-19-27-36(8,32(40)31(45-23-42-9)26-17-18-38(30,41)34(26,4)5)28(39)20-29(37(27)22-46-35(6,7)48-37)44-21-24-13-15-25(43-10)16-14-24/h13-16,26-31,39,41H,17-23H2,1-12H3/t26?,27-,28-,29+,30-,31+,36-,37+,38+/m0/s1. The molecule has 0 aromatic heterocycles. The fourth-order valence-corrected chi connectivity index (χ4v) is 10.4. The molecule has 49 heavy (non-hydrogen) atoms. The Labute approximate surface area is 294 Å². The van der Waals surface area contributed by atoms with Crippen LogP contribution in [0, 0.1) is 22.7 Å². The van der Waals surface area contributed by atoms with Crippen LogP contribution in [0.5, 0.6) is 5.75 Å². The number of aliphatic hydroxyl groups excluding tert-OH is 1. The summed E-state index contributed by atoms with van der Waals surface area (Å²) in [6.07, 6.45) is -1.89. The Morgan fingerprint density at radius 3 is 2.18 bits per heavy atom. The van der Waals surface area contributed by atoms with Gasteiger partial charge in [-0.2, -0.15) is 0 Å². The highest BCUT2D eigenvalue weighted by molar-refractivity contribution is 6.74. The van der Waals surface area contributed by atoms with Gasteiger partial charge in [0, 0.05) is 30.8 Å². The van der Waals surface area contributed by atoms with Gasteiger partial charge < -0.3 is 43.1 Å². The van der Waals surface area contributed by atoms with E-state index in [1.807, 2.05) is 58.9 Å². The molecule has 9 atom stereocenters. The Kier molecular flexibility index (Phi) is 10.5. The molecule has 278 valence electrons. The maximum Gasteiger partial charge on any atom is 0.192 e. The van der Waals surface area contributed by atoms with Gasteiger partial charge in [0.25, 0.3) is 0 Å². The number of Topliss-reactive ketones (excluding diaryl/α,β-unsaturated/α-hetero) is 1. The zero-order valence-corrected chi connectivity index (χ0v) is 32.9. The highest BCUT2D eigenvalue weighted by Gasteiger charge is 2.73. The normalized spacial score (nSPS) is 38.9. The van der Waals surface area contributed by atoms with Crippen LogP contribution >= 0.6 is 0 Å². The monoisotopic (exact) mass is 706 g/mol. The van der Waals surface area contributed by atoms with Gasteiger partial charge >= 0.3 is 0 Å². The fraction of sp³-hybridized carbons (Fsp3) is 0.816. The summed E-state index contributed by atoms with van der Waals surface area (Å²) in [7, 11) is 0.675. The van der Waals surface area contributed by atoms with Crippen LogP contribution in [0.3, 0.4) is 0 Å². The van der Waals surface area contributed by atoms with Crippen LogP contribution in [0.4, 0.5) is 0 Å². The Hall–Kier alpha value is -1.41. The third-order valence-corrected chi connectivity index (χ3v) is 17.8. The Bertz CT molecular complexity index is 1340. The van der Waals surface area contributed by atoms with Gasteiger partial charge in [-0.25, -0.2) is 0 Å². The Morgan fingerprint density at radius 2 is 1.63 bits per heavy atom. The van der Waals surface area contributed by atoms with Gasteiger partial charge in [0.05, 0.1) is 49.7 Å². The van der Waals surface area contributed by atoms with E-state index in [1.54, 1.807) is 7.11 Å². The van der Waals surface area contributed by atoms with Crippen molar-refractivity contribution in [1.29, 1.82) is 0 Å². The second kappa shape index (κ2) is 13.2. The predicted octanol–water partition coefficient (Wildman–Crippen LogP) is 6.01. The number of methoxy groups -OCH3 is 2. The van der Waals surface area contributed by atoms with Crippen molar-refractivity contribution in [1.82, 2.24) is 0 Å². The van der Waals surface area contributed by atoms with Crippen LogP contribution in [-0.2, 0) is 39.5 Å². The van der Waals surface area contributed by atoms with E-state index in [4.69, 9.17) is 32.8 Å². The minimum absolute atomic E-state index is 0.0897. The molecule has 1 aromatic carbocycles. The summed E-state index contributed by atoms with van der Waals surface area (Å²) in [4.78, 5) is 15.3. The maximum atomic E-state index is 15.3. The van der Waals surface area contributed by atoms with Crippen molar-refractivity contribution in [2.75, 3.05) is 27.6 Å². The van der Waals surface area contributed by atoms with E-state index >= 15 is 4.79 Å². The number of fused-ring (bicyclic) bond motifs is 4. The molecule has 0 amide bonds. The van der Waals surface area contributed by atoms with Crippen molar-refractivity contribution in [2.24, 2.45) is 22.7 Å². The molecule has 1 unspecified atom stereocenters. The number of ether oxygens (including phenoxy) is 6. The van der Waals surface area contributed by atoms with Gasteiger partial charge in [-0.3, -0.25) is 4.79 Å². The topological polar surface area (TPSA) is 122 Å². The van der Waals surface area contributed by atoms with Crippen molar-refractivity contribution in [2.45, 2.75) is 147 Å². The Morgan fingerprint density at radius 1 is 0.980 bits per heavy atom. The van der Waals surface area contributed by atoms with Gasteiger partial charge in [-0.05, 0) is 75.9 Å². The van der Waals surface area contributed by atoms with Gasteiger partial charge in [-0.1, -0.05) is 46.8 Å². The largest absolute Gasteiger partial charge is 0.497 e. The van der Waals surface area contributed by atoms with Crippen molar-refractivity contribution < 1.29 is 47.9 Å². The van der Waals surface area contributed by atoms with E-state index in [2.05, 4.69) is 33.9 Å². The molecule has 11 heteroatoms.